The maximum Gasteiger partial charge on any atom is 0.205 e. The van der Waals surface area contributed by atoms with Gasteiger partial charge in [-0.3, -0.25) is 10.4 Å². The third kappa shape index (κ3) is 4.48. The molecule has 0 unspecified atom stereocenters. The molecule has 0 aliphatic heterocycles. The maximum absolute atomic E-state index is 5.56. The molecule has 0 aromatic carbocycles. The quantitative estimate of drug-likeness (QED) is 0.312. The molecule has 2 fully saturated rings. The summed E-state index contributed by atoms with van der Waals surface area (Å²) in [6, 6.07) is 0.569. The Morgan fingerprint density at radius 1 is 0.944 bits per heavy atom. The average molecular weight is 252 g/mol. The Bertz CT molecular complexity index is 253. The molecule has 0 amide bonds. The smallest absolute Gasteiger partial charge is 0.205 e. The second-order valence-corrected chi connectivity index (χ2v) is 5.82. The Morgan fingerprint density at radius 2 is 1.56 bits per heavy atom. The minimum Gasteiger partial charge on any atom is -0.353 e. The molecule has 4 nitrogen and oxygen atoms in total. The van der Waals surface area contributed by atoms with E-state index in [2.05, 4.69) is 15.7 Å². The Balaban J connectivity index is 1.75. The van der Waals surface area contributed by atoms with Gasteiger partial charge in [-0.15, -0.1) is 0 Å². The lowest BCUT2D eigenvalue weighted by molar-refractivity contribution is 0.365. The molecule has 0 saturated heterocycles. The number of hydrogen-bond donors (Lipinski definition) is 3. The van der Waals surface area contributed by atoms with Gasteiger partial charge in [0.15, 0.2) is 0 Å². The van der Waals surface area contributed by atoms with Crippen LogP contribution in [0.25, 0.3) is 0 Å². The molecule has 0 bridgehead atoms. The molecule has 18 heavy (non-hydrogen) atoms. The second kappa shape index (κ2) is 7.62. The fourth-order valence-electron chi connectivity index (χ4n) is 3.16. The molecule has 0 spiro atoms. The molecule has 0 aromatic rings. The molecule has 2 saturated carbocycles. The standard InChI is InChI=1S/C14H28N4/c15-18-14(17-13-9-5-2-6-10-13)16-11-12-7-3-1-4-8-12/h12-13H,1-11,15H2,(H2,16,17,18). The fourth-order valence-corrected chi connectivity index (χ4v) is 3.16. The Kier molecular flexibility index (Phi) is 5.78. The molecule has 2 aliphatic rings. The summed E-state index contributed by atoms with van der Waals surface area (Å²) in [4.78, 5) is 4.63. The lowest BCUT2D eigenvalue weighted by Gasteiger charge is -2.25. The number of aliphatic imine (C=N–C) groups is 1. The highest BCUT2D eigenvalue weighted by Crippen LogP contribution is 2.23. The Labute approximate surface area is 111 Å². The molecular weight excluding hydrogens is 224 g/mol. The first-order valence-electron chi connectivity index (χ1n) is 7.66. The summed E-state index contributed by atoms with van der Waals surface area (Å²) in [5, 5.41) is 3.46. The van der Waals surface area contributed by atoms with Gasteiger partial charge in [0.05, 0.1) is 0 Å². The number of hydrazine groups is 1. The van der Waals surface area contributed by atoms with Crippen molar-refractivity contribution < 1.29 is 0 Å². The topological polar surface area (TPSA) is 62.4 Å². The molecule has 4 N–H and O–H groups in total. The highest BCUT2D eigenvalue weighted by Gasteiger charge is 2.16. The van der Waals surface area contributed by atoms with Gasteiger partial charge in [0, 0.05) is 12.6 Å². The summed E-state index contributed by atoms with van der Waals surface area (Å²) in [7, 11) is 0. The Morgan fingerprint density at radius 3 is 2.17 bits per heavy atom. The summed E-state index contributed by atoms with van der Waals surface area (Å²) in [5.74, 6) is 7.13. The van der Waals surface area contributed by atoms with Crippen molar-refractivity contribution in [1.29, 1.82) is 0 Å². The van der Waals surface area contributed by atoms with Crippen LogP contribution in [0.3, 0.4) is 0 Å². The van der Waals surface area contributed by atoms with E-state index in [1.54, 1.807) is 0 Å². The first-order valence-corrected chi connectivity index (χ1v) is 7.66. The van der Waals surface area contributed by atoms with E-state index in [-0.39, 0.29) is 0 Å². The van der Waals surface area contributed by atoms with Crippen molar-refractivity contribution in [3.8, 4) is 0 Å². The highest BCUT2D eigenvalue weighted by atomic mass is 15.3. The third-order valence-corrected chi connectivity index (χ3v) is 4.32. The van der Waals surface area contributed by atoms with E-state index >= 15 is 0 Å². The van der Waals surface area contributed by atoms with Crippen molar-refractivity contribution in [3.63, 3.8) is 0 Å². The number of nitrogens with zero attached hydrogens (tertiary/aromatic N) is 1. The van der Waals surface area contributed by atoms with E-state index in [0.717, 1.165) is 18.4 Å². The summed E-state index contributed by atoms with van der Waals surface area (Å²) < 4.78 is 0. The predicted octanol–water partition coefficient (Wildman–Crippen LogP) is 2.31. The number of hydrogen-bond acceptors (Lipinski definition) is 2. The van der Waals surface area contributed by atoms with Crippen molar-refractivity contribution in [2.45, 2.75) is 70.3 Å². The first kappa shape index (κ1) is 13.7. The maximum atomic E-state index is 5.56. The summed E-state index contributed by atoms with van der Waals surface area (Å²) in [6.45, 7) is 0.930. The van der Waals surface area contributed by atoms with Gasteiger partial charge in [-0.05, 0) is 31.6 Å². The van der Waals surface area contributed by atoms with Gasteiger partial charge in [0.1, 0.15) is 0 Å². The summed E-state index contributed by atoms with van der Waals surface area (Å²) in [6.07, 6.45) is 13.4. The Hall–Kier alpha value is -0.770. The van der Waals surface area contributed by atoms with Crippen LogP contribution in [0.5, 0.6) is 0 Å². The minimum absolute atomic E-state index is 0.569. The van der Waals surface area contributed by atoms with Crippen LogP contribution in [0.2, 0.25) is 0 Å². The van der Waals surface area contributed by atoms with Crippen LogP contribution >= 0.6 is 0 Å². The molecular formula is C14H28N4. The fraction of sp³-hybridized carbons (Fsp3) is 0.929. The SMILES string of the molecule is NNC(=NCC1CCCCC1)NC1CCCCC1. The van der Waals surface area contributed by atoms with Crippen LogP contribution in [0, 0.1) is 5.92 Å². The van der Waals surface area contributed by atoms with Crippen LogP contribution < -0.4 is 16.6 Å². The van der Waals surface area contributed by atoms with Crippen LogP contribution in [0.15, 0.2) is 4.99 Å². The highest BCUT2D eigenvalue weighted by molar-refractivity contribution is 5.79. The number of guanidine groups is 1. The van der Waals surface area contributed by atoms with Crippen molar-refractivity contribution in [1.82, 2.24) is 10.7 Å². The first-order chi connectivity index (χ1) is 8.88. The van der Waals surface area contributed by atoms with E-state index < -0.39 is 0 Å². The monoisotopic (exact) mass is 252 g/mol. The second-order valence-electron chi connectivity index (χ2n) is 5.82. The van der Waals surface area contributed by atoms with Gasteiger partial charge in [-0.25, -0.2) is 5.84 Å². The van der Waals surface area contributed by atoms with Gasteiger partial charge < -0.3 is 5.32 Å². The van der Waals surface area contributed by atoms with Crippen molar-refractivity contribution in [2.75, 3.05) is 6.54 Å². The molecule has 104 valence electrons. The van der Waals surface area contributed by atoms with Crippen LogP contribution in [0.1, 0.15) is 64.2 Å². The predicted molar refractivity (Wildman–Crippen MR) is 76.2 cm³/mol. The zero-order chi connectivity index (χ0) is 12.6. The lowest BCUT2D eigenvalue weighted by Crippen LogP contribution is -2.47. The van der Waals surface area contributed by atoms with Gasteiger partial charge in [-0.2, -0.15) is 0 Å². The average Bonchev–Trinajstić information content (AvgIpc) is 2.45. The van der Waals surface area contributed by atoms with Crippen LogP contribution in [0.4, 0.5) is 0 Å². The van der Waals surface area contributed by atoms with Crippen LogP contribution in [-0.2, 0) is 0 Å². The largest absolute Gasteiger partial charge is 0.353 e. The van der Waals surface area contributed by atoms with Gasteiger partial charge in [0.2, 0.25) is 5.96 Å². The lowest BCUT2D eigenvalue weighted by atomic mass is 9.89. The third-order valence-electron chi connectivity index (χ3n) is 4.32. The van der Waals surface area contributed by atoms with E-state index in [1.807, 2.05) is 0 Å². The van der Waals surface area contributed by atoms with Gasteiger partial charge in [0.25, 0.3) is 0 Å². The molecule has 2 rings (SSSR count). The number of nitrogens with two attached hydrogens (primary N) is 1. The molecule has 4 heteroatoms. The van der Waals surface area contributed by atoms with Gasteiger partial charge >= 0.3 is 0 Å². The van der Waals surface area contributed by atoms with Gasteiger partial charge in [-0.1, -0.05) is 38.5 Å². The molecule has 0 atom stereocenters. The zero-order valence-electron chi connectivity index (χ0n) is 11.5. The van der Waals surface area contributed by atoms with Crippen LogP contribution in [-0.4, -0.2) is 18.5 Å². The molecule has 0 aromatic heterocycles. The minimum atomic E-state index is 0.569. The zero-order valence-corrected chi connectivity index (χ0v) is 11.5. The molecule has 0 radical (unpaired) electrons. The summed E-state index contributed by atoms with van der Waals surface area (Å²) in [5.41, 5.74) is 2.73. The molecule has 0 heterocycles. The van der Waals surface area contributed by atoms with Crippen molar-refractivity contribution >= 4 is 5.96 Å². The van der Waals surface area contributed by atoms with E-state index in [4.69, 9.17) is 5.84 Å². The molecule has 2 aliphatic carbocycles. The van der Waals surface area contributed by atoms with E-state index in [9.17, 15) is 0 Å². The van der Waals surface area contributed by atoms with E-state index in [0.29, 0.717) is 6.04 Å². The normalized spacial score (nSPS) is 23.9. The van der Waals surface area contributed by atoms with Crippen molar-refractivity contribution in [3.05, 3.63) is 0 Å². The summed E-state index contributed by atoms with van der Waals surface area (Å²) >= 11 is 0. The number of rotatable bonds is 3. The van der Waals surface area contributed by atoms with Crippen molar-refractivity contribution in [2.24, 2.45) is 16.8 Å². The number of nitrogens with one attached hydrogen (secondary N) is 2. The van der Waals surface area contributed by atoms with E-state index in [1.165, 1.54) is 64.2 Å².